The van der Waals surface area contributed by atoms with Crippen LogP contribution in [0.2, 0.25) is 0 Å². The molecule has 1 fully saturated rings. The van der Waals surface area contributed by atoms with Gasteiger partial charge in [0, 0.05) is 42.0 Å². The largest absolute Gasteiger partial charge is 0.391 e. The number of aromatic nitrogens is 3. The van der Waals surface area contributed by atoms with E-state index in [-0.39, 0.29) is 6.10 Å². The van der Waals surface area contributed by atoms with Crippen molar-refractivity contribution in [3.8, 4) is 11.3 Å². The molecule has 1 saturated heterocycles. The molecular weight excluding hydrogens is 278 g/mol. The van der Waals surface area contributed by atoms with Crippen LogP contribution in [0.1, 0.15) is 6.42 Å². The summed E-state index contributed by atoms with van der Waals surface area (Å²) in [6.07, 6.45) is 2.24. The number of nitrogens with one attached hydrogen (secondary N) is 1. The summed E-state index contributed by atoms with van der Waals surface area (Å²) in [7, 11) is 0. The first-order valence-corrected chi connectivity index (χ1v) is 7.34. The van der Waals surface area contributed by atoms with Crippen LogP contribution in [0, 0.1) is 0 Å². The van der Waals surface area contributed by atoms with Gasteiger partial charge in [0.25, 0.3) is 0 Å². The van der Waals surface area contributed by atoms with Gasteiger partial charge in [0.15, 0.2) is 0 Å². The molecule has 1 aromatic carbocycles. The minimum absolute atomic E-state index is 0.270. The Morgan fingerprint density at radius 3 is 2.91 bits per heavy atom. The Labute approximate surface area is 127 Å². The van der Waals surface area contributed by atoms with Crippen LogP contribution >= 0.6 is 0 Å². The molecule has 6 nitrogen and oxygen atoms in total. The number of hydrogen-bond donors (Lipinski definition) is 3. The number of nitrogen functional groups attached to an aromatic ring is 1. The first-order valence-electron chi connectivity index (χ1n) is 7.34. The third-order valence-electron chi connectivity index (χ3n) is 4.12. The number of β-amino-alcohol motifs (C(OH)–C–C–N with tert-alkyl or cyclic N) is 1. The lowest BCUT2D eigenvalue weighted by molar-refractivity contribution is 0.198. The van der Waals surface area contributed by atoms with Crippen molar-refractivity contribution in [3.63, 3.8) is 0 Å². The number of aromatic amines is 1. The van der Waals surface area contributed by atoms with Gasteiger partial charge in [0.05, 0.1) is 17.3 Å². The van der Waals surface area contributed by atoms with Gasteiger partial charge in [-0.05, 0) is 18.6 Å². The molecule has 3 heterocycles. The number of rotatable bonds is 2. The summed E-state index contributed by atoms with van der Waals surface area (Å²) in [6.45, 7) is 1.48. The summed E-state index contributed by atoms with van der Waals surface area (Å²) in [5.74, 6) is 0.491. The number of fused-ring (bicyclic) bond motifs is 1. The van der Waals surface area contributed by atoms with Crippen LogP contribution in [0.25, 0.3) is 22.2 Å². The number of hydrogen-bond acceptors (Lipinski definition) is 5. The minimum atomic E-state index is -0.270. The first kappa shape index (κ1) is 13.1. The topological polar surface area (TPSA) is 91.1 Å². The van der Waals surface area contributed by atoms with Crippen molar-refractivity contribution < 1.29 is 5.11 Å². The van der Waals surface area contributed by atoms with E-state index in [2.05, 4.69) is 26.1 Å². The highest BCUT2D eigenvalue weighted by molar-refractivity contribution is 5.95. The fourth-order valence-corrected chi connectivity index (χ4v) is 3.04. The molecule has 0 amide bonds. The van der Waals surface area contributed by atoms with Crippen LogP contribution in [0.4, 0.5) is 11.5 Å². The number of benzene rings is 1. The van der Waals surface area contributed by atoms with Crippen molar-refractivity contribution in [1.29, 1.82) is 0 Å². The third-order valence-corrected chi connectivity index (χ3v) is 4.12. The maximum absolute atomic E-state index is 9.77. The SMILES string of the molecule is Nc1cc(N2CC[C@@H](O)C2)c2ccc(-c3ccn[nH]3)cc2n1. The van der Waals surface area contributed by atoms with Crippen LogP contribution in [0.5, 0.6) is 0 Å². The van der Waals surface area contributed by atoms with Gasteiger partial charge in [-0.25, -0.2) is 4.98 Å². The Hall–Kier alpha value is -2.60. The third kappa shape index (κ3) is 2.17. The highest BCUT2D eigenvalue weighted by Crippen LogP contribution is 2.32. The standard InChI is InChI=1S/C16H17N5O/c17-16-8-15(21-6-4-11(22)9-21)12-2-1-10(7-14(12)19-16)13-3-5-18-20-13/h1-3,5,7-8,11,22H,4,6,9H2,(H2,17,19)(H,18,20)/t11-/m1/s1. The molecule has 0 radical (unpaired) electrons. The van der Waals surface area contributed by atoms with Gasteiger partial charge in [-0.3, -0.25) is 5.10 Å². The van der Waals surface area contributed by atoms with Gasteiger partial charge in [-0.2, -0.15) is 5.10 Å². The molecule has 0 spiro atoms. The second-order valence-corrected chi connectivity index (χ2v) is 5.66. The van der Waals surface area contributed by atoms with Gasteiger partial charge >= 0.3 is 0 Å². The summed E-state index contributed by atoms with van der Waals surface area (Å²) in [6, 6.07) is 9.92. The maximum atomic E-state index is 9.77. The summed E-state index contributed by atoms with van der Waals surface area (Å²) < 4.78 is 0. The van der Waals surface area contributed by atoms with E-state index in [9.17, 15) is 5.11 Å². The van der Waals surface area contributed by atoms with Crippen LogP contribution in [-0.4, -0.2) is 39.5 Å². The zero-order valence-electron chi connectivity index (χ0n) is 12.0. The fourth-order valence-electron chi connectivity index (χ4n) is 3.04. The van der Waals surface area contributed by atoms with Gasteiger partial charge < -0.3 is 15.7 Å². The van der Waals surface area contributed by atoms with Crippen molar-refractivity contribution >= 4 is 22.4 Å². The molecule has 1 aliphatic heterocycles. The lowest BCUT2D eigenvalue weighted by Crippen LogP contribution is -2.21. The Morgan fingerprint density at radius 2 is 2.18 bits per heavy atom. The molecule has 4 N–H and O–H groups in total. The molecule has 0 bridgehead atoms. The van der Waals surface area contributed by atoms with E-state index in [4.69, 9.17) is 5.73 Å². The van der Waals surface area contributed by atoms with E-state index in [0.717, 1.165) is 40.8 Å². The van der Waals surface area contributed by atoms with E-state index in [1.165, 1.54) is 0 Å². The molecule has 112 valence electrons. The van der Waals surface area contributed by atoms with Gasteiger partial charge in [0.1, 0.15) is 5.82 Å². The number of nitrogens with two attached hydrogens (primary N) is 1. The number of pyridine rings is 1. The predicted octanol–water partition coefficient (Wildman–Crippen LogP) is 1.78. The van der Waals surface area contributed by atoms with Crippen LogP contribution in [0.15, 0.2) is 36.5 Å². The first-order chi connectivity index (χ1) is 10.7. The van der Waals surface area contributed by atoms with Crippen molar-refractivity contribution in [2.24, 2.45) is 0 Å². The average molecular weight is 295 g/mol. The summed E-state index contributed by atoms with van der Waals surface area (Å²) in [5, 5.41) is 17.8. The van der Waals surface area contributed by atoms with E-state index < -0.39 is 0 Å². The lowest BCUT2D eigenvalue weighted by atomic mass is 10.1. The maximum Gasteiger partial charge on any atom is 0.126 e. The molecule has 0 aliphatic carbocycles. The van der Waals surface area contributed by atoms with Crippen molar-refractivity contribution in [3.05, 3.63) is 36.5 Å². The zero-order chi connectivity index (χ0) is 15.1. The molecule has 2 aromatic heterocycles. The minimum Gasteiger partial charge on any atom is -0.391 e. The van der Waals surface area contributed by atoms with Gasteiger partial charge in [-0.15, -0.1) is 0 Å². The smallest absolute Gasteiger partial charge is 0.126 e. The lowest BCUT2D eigenvalue weighted by Gasteiger charge is -2.20. The summed E-state index contributed by atoms with van der Waals surface area (Å²) in [4.78, 5) is 6.62. The second kappa shape index (κ2) is 4.99. The number of H-pyrrole nitrogens is 1. The number of aliphatic hydroxyl groups is 1. The molecule has 4 rings (SSSR count). The summed E-state index contributed by atoms with van der Waals surface area (Å²) in [5.41, 5.74) is 9.83. The predicted molar refractivity (Wildman–Crippen MR) is 86.6 cm³/mol. The monoisotopic (exact) mass is 295 g/mol. The molecule has 3 aromatic rings. The molecule has 0 saturated carbocycles. The highest BCUT2D eigenvalue weighted by Gasteiger charge is 2.22. The number of aliphatic hydroxyl groups excluding tert-OH is 1. The normalized spacial score (nSPS) is 18.2. The zero-order valence-corrected chi connectivity index (χ0v) is 12.0. The van der Waals surface area contributed by atoms with Crippen molar-refractivity contribution in [2.45, 2.75) is 12.5 Å². The molecule has 1 atom stereocenters. The Morgan fingerprint density at radius 1 is 1.27 bits per heavy atom. The molecule has 6 heteroatoms. The second-order valence-electron chi connectivity index (χ2n) is 5.66. The quantitative estimate of drug-likeness (QED) is 0.670. The van der Waals surface area contributed by atoms with Gasteiger partial charge in [-0.1, -0.05) is 12.1 Å². The van der Waals surface area contributed by atoms with E-state index >= 15 is 0 Å². The fraction of sp³-hybridized carbons (Fsp3) is 0.250. The average Bonchev–Trinajstić information content (AvgIpc) is 3.17. The molecule has 1 aliphatic rings. The van der Waals surface area contributed by atoms with Crippen LogP contribution < -0.4 is 10.6 Å². The highest BCUT2D eigenvalue weighted by atomic mass is 16.3. The molecule has 0 unspecified atom stereocenters. The molecule has 22 heavy (non-hydrogen) atoms. The molecular formula is C16H17N5O. The van der Waals surface area contributed by atoms with E-state index in [0.29, 0.717) is 12.4 Å². The Balaban J connectivity index is 1.84. The van der Waals surface area contributed by atoms with Crippen molar-refractivity contribution in [1.82, 2.24) is 15.2 Å². The number of anilines is 2. The van der Waals surface area contributed by atoms with E-state index in [1.807, 2.05) is 24.3 Å². The van der Waals surface area contributed by atoms with Crippen LogP contribution in [-0.2, 0) is 0 Å². The van der Waals surface area contributed by atoms with Crippen LogP contribution in [0.3, 0.4) is 0 Å². The van der Waals surface area contributed by atoms with Gasteiger partial charge in [0.2, 0.25) is 0 Å². The van der Waals surface area contributed by atoms with E-state index in [1.54, 1.807) is 6.20 Å². The Bertz CT molecular complexity index is 815. The van der Waals surface area contributed by atoms with Crippen molar-refractivity contribution in [2.75, 3.05) is 23.7 Å². The summed E-state index contributed by atoms with van der Waals surface area (Å²) >= 11 is 0. The Kier molecular flexibility index (Phi) is 2.97. The number of nitrogens with zero attached hydrogens (tertiary/aromatic N) is 3.